The fourth-order valence-corrected chi connectivity index (χ4v) is 3.58. The molecule has 108 valence electrons. The molecule has 0 radical (unpaired) electrons. The van der Waals surface area contributed by atoms with Crippen molar-refractivity contribution in [2.24, 2.45) is 5.41 Å². The van der Waals surface area contributed by atoms with Gasteiger partial charge in [-0.05, 0) is 18.4 Å². The van der Waals surface area contributed by atoms with Crippen molar-refractivity contribution in [2.45, 2.75) is 51.8 Å². The van der Waals surface area contributed by atoms with E-state index in [2.05, 4.69) is 37.8 Å². The molecule has 0 spiro atoms. The number of carbonyl (C=O) groups is 1. The molecule has 1 aromatic carbocycles. The van der Waals surface area contributed by atoms with E-state index in [-0.39, 0.29) is 17.6 Å². The monoisotopic (exact) mass is 273 g/mol. The SMILES string of the molecule is CC(C)(C)[C@H]1OC(=O)[C@]2(Cc3ccccc3)CCCN12. The Labute approximate surface area is 120 Å². The van der Waals surface area contributed by atoms with Gasteiger partial charge in [0.15, 0.2) is 6.23 Å². The number of esters is 1. The molecule has 3 nitrogen and oxygen atoms in total. The zero-order chi connectivity index (χ0) is 14.4. The van der Waals surface area contributed by atoms with Gasteiger partial charge in [-0.15, -0.1) is 0 Å². The summed E-state index contributed by atoms with van der Waals surface area (Å²) >= 11 is 0. The van der Waals surface area contributed by atoms with Gasteiger partial charge in [-0.3, -0.25) is 4.90 Å². The summed E-state index contributed by atoms with van der Waals surface area (Å²) < 4.78 is 5.76. The third-order valence-corrected chi connectivity index (χ3v) is 4.50. The molecule has 0 saturated carbocycles. The number of hydrogen-bond acceptors (Lipinski definition) is 3. The van der Waals surface area contributed by atoms with Crippen molar-refractivity contribution in [3.05, 3.63) is 35.9 Å². The predicted molar refractivity (Wildman–Crippen MR) is 78.2 cm³/mol. The van der Waals surface area contributed by atoms with Crippen molar-refractivity contribution in [1.82, 2.24) is 4.90 Å². The Morgan fingerprint density at radius 1 is 1.30 bits per heavy atom. The first-order valence-electron chi connectivity index (χ1n) is 7.45. The molecule has 2 aliphatic rings. The number of cyclic esters (lactones) is 1. The van der Waals surface area contributed by atoms with Crippen LogP contribution in [0, 0.1) is 5.41 Å². The molecule has 3 heteroatoms. The molecule has 0 aliphatic carbocycles. The highest BCUT2D eigenvalue weighted by Crippen LogP contribution is 2.45. The number of benzene rings is 1. The minimum Gasteiger partial charge on any atom is -0.444 e. The number of rotatable bonds is 2. The van der Waals surface area contributed by atoms with Crippen LogP contribution in [0.5, 0.6) is 0 Å². The summed E-state index contributed by atoms with van der Waals surface area (Å²) in [5.41, 5.74) is 0.739. The quantitative estimate of drug-likeness (QED) is 0.776. The lowest BCUT2D eigenvalue weighted by Crippen LogP contribution is -2.50. The lowest BCUT2D eigenvalue weighted by Gasteiger charge is -2.35. The van der Waals surface area contributed by atoms with Crippen LogP contribution in [0.25, 0.3) is 0 Å². The van der Waals surface area contributed by atoms with Crippen LogP contribution in [0.2, 0.25) is 0 Å². The second-order valence-electron chi connectivity index (χ2n) is 7.11. The van der Waals surface area contributed by atoms with Crippen LogP contribution in [0.1, 0.15) is 39.2 Å². The molecule has 1 aromatic rings. The minimum absolute atomic E-state index is 0.0289. The first kappa shape index (κ1) is 13.6. The summed E-state index contributed by atoms with van der Waals surface area (Å²) in [7, 11) is 0. The summed E-state index contributed by atoms with van der Waals surface area (Å²) in [6.45, 7) is 7.38. The molecular weight excluding hydrogens is 250 g/mol. The van der Waals surface area contributed by atoms with Gasteiger partial charge in [-0.2, -0.15) is 0 Å². The van der Waals surface area contributed by atoms with E-state index in [0.29, 0.717) is 0 Å². The second kappa shape index (κ2) is 4.59. The molecular formula is C17H23NO2. The fourth-order valence-electron chi connectivity index (χ4n) is 3.58. The number of fused-ring (bicyclic) bond motifs is 1. The van der Waals surface area contributed by atoms with Gasteiger partial charge in [0.05, 0.1) is 0 Å². The van der Waals surface area contributed by atoms with Crippen LogP contribution in [-0.4, -0.2) is 29.2 Å². The number of nitrogens with zero attached hydrogens (tertiary/aromatic N) is 1. The van der Waals surface area contributed by atoms with Crippen molar-refractivity contribution < 1.29 is 9.53 Å². The van der Waals surface area contributed by atoms with Gasteiger partial charge in [0.1, 0.15) is 5.54 Å². The first-order chi connectivity index (χ1) is 9.43. The molecule has 2 heterocycles. The average Bonchev–Trinajstić information content (AvgIpc) is 2.90. The molecule has 3 rings (SSSR count). The fraction of sp³-hybridized carbons (Fsp3) is 0.588. The van der Waals surface area contributed by atoms with E-state index in [4.69, 9.17) is 4.74 Å². The van der Waals surface area contributed by atoms with E-state index in [1.807, 2.05) is 18.2 Å². The number of ether oxygens (including phenoxy) is 1. The zero-order valence-corrected chi connectivity index (χ0v) is 12.6. The van der Waals surface area contributed by atoms with E-state index in [9.17, 15) is 4.79 Å². The van der Waals surface area contributed by atoms with E-state index in [1.54, 1.807) is 0 Å². The average molecular weight is 273 g/mol. The summed E-state index contributed by atoms with van der Waals surface area (Å²) in [5, 5.41) is 0. The normalized spacial score (nSPS) is 30.4. The third-order valence-electron chi connectivity index (χ3n) is 4.50. The number of carbonyl (C=O) groups excluding carboxylic acids is 1. The molecule has 2 saturated heterocycles. The maximum atomic E-state index is 12.6. The number of hydrogen-bond donors (Lipinski definition) is 0. The molecule has 2 atom stereocenters. The summed E-state index contributed by atoms with van der Waals surface area (Å²) in [5.74, 6) is -0.0289. The van der Waals surface area contributed by atoms with Crippen molar-refractivity contribution in [1.29, 1.82) is 0 Å². The summed E-state index contributed by atoms with van der Waals surface area (Å²) in [6.07, 6.45) is 2.65. The molecule has 20 heavy (non-hydrogen) atoms. The van der Waals surface area contributed by atoms with Crippen molar-refractivity contribution in [2.75, 3.05) is 6.54 Å². The van der Waals surface area contributed by atoms with Crippen LogP contribution in [0.3, 0.4) is 0 Å². The Hall–Kier alpha value is -1.35. The summed E-state index contributed by atoms with van der Waals surface area (Å²) in [4.78, 5) is 14.9. The summed E-state index contributed by atoms with van der Waals surface area (Å²) in [6, 6.07) is 10.3. The largest absolute Gasteiger partial charge is 0.444 e. The van der Waals surface area contributed by atoms with Gasteiger partial charge < -0.3 is 4.74 Å². The van der Waals surface area contributed by atoms with Gasteiger partial charge in [-0.1, -0.05) is 51.1 Å². The molecule has 2 fully saturated rings. The second-order valence-corrected chi connectivity index (χ2v) is 7.11. The topological polar surface area (TPSA) is 29.5 Å². The highest BCUT2D eigenvalue weighted by atomic mass is 16.6. The van der Waals surface area contributed by atoms with Crippen molar-refractivity contribution in [3.63, 3.8) is 0 Å². The van der Waals surface area contributed by atoms with E-state index in [0.717, 1.165) is 25.8 Å². The van der Waals surface area contributed by atoms with Gasteiger partial charge >= 0.3 is 5.97 Å². The van der Waals surface area contributed by atoms with Crippen LogP contribution in [-0.2, 0) is 16.0 Å². The Kier molecular flexibility index (Phi) is 3.13. The minimum atomic E-state index is -0.431. The van der Waals surface area contributed by atoms with Crippen LogP contribution in [0.4, 0.5) is 0 Å². The molecule has 0 amide bonds. The Bertz CT molecular complexity index is 505. The predicted octanol–water partition coefficient (Wildman–Crippen LogP) is 2.99. The van der Waals surface area contributed by atoms with E-state index < -0.39 is 5.54 Å². The van der Waals surface area contributed by atoms with Gasteiger partial charge in [0, 0.05) is 18.4 Å². The zero-order valence-electron chi connectivity index (χ0n) is 12.6. The molecule has 2 aliphatic heterocycles. The van der Waals surface area contributed by atoms with Gasteiger partial charge in [0.2, 0.25) is 0 Å². The van der Waals surface area contributed by atoms with Gasteiger partial charge in [0.25, 0.3) is 0 Å². The van der Waals surface area contributed by atoms with Crippen LogP contribution >= 0.6 is 0 Å². The third kappa shape index (κ3) is 2.05. The molecule has 0 aromatic heterocycles. The van der Waals surface area contributed by atoms with Crippen molar-refractivity contribution in [3.8, 4) is 0 Å². The lowest BCUT2D eigenvalue weighted by atomic mass is 9.87. The maximum absolute atomic E-state index is 12.6. The Morgan fingerprint density at radius 3 is 2.65 bits per heavy atom. The smallest absolute Gasteiger partial charge is 0.328 e. The highest BCUT2D eigenvalue weighted by Gasteiger charge is 2.59. The van der Waals surface area contributed by atoms with E-state index >= 15 is 0 Å². The molecule has 0 unspecified atom stereocenters. The Balaban J connectivity index is 1.93. The lowest BCUT2D eigenvalue weighted by molar-refractivity contribution is -0.149. The Morgan fingerprint density at radius 2 is 2.00 bits per heavy atom. The van der Waals surface area contributed by atoms with E-state index in [1.165, 1.54) is 5.56 Å². The van der Waals surface area contributed by atoms with Crippen LogP contribution < -0.4 is 0 Å². The standard InChI is InChI=1S/C17H23NO2/c1-16(2,3)14-18-11-7-10-17(18,15(19)20-14)12-13-8-5-4-6-9-13/h4-6,8-9,14H,7,10-12H2,1-3H3/t14-,17-/m1/s1. The van der Waals surface area contributed by atoms with Crippen molar-refractivity contribution >= 4 is 5.97 Å². The van der Waals surface area contributed by atoms with Crippen LogP contribution in [0.15, 0.2) is 30.3 Å². The maximum Gasteiger partial charge on any atom is 0.328 e. The molecule has 0 N–H and O–H groups in total. The molecule has 0 bridgehead atoms. The highest BCUT2D eigenvalue weighted by molar-refractivity contribution is 5.84. The first-order valence-corrected chi connectivity index (χ1v) is 7.45. The van der Waals surface area contributed by atoms with Gasteiger partial charge in [-0.25, -0.2) is 4.79 Å².